The first kappa shape index (κ1) is 35.0. The third-order valence-corrected chi connectivity index (χ3v) is 13.1. The Morgan fingerprint density at radius 3 is 1.62 bits per heavy atom. The molecule has 0 radical (unpaired) electrons. The van der Waals surface area contributed by atoms with E-state index in [-0.39, 0.29) is 0 Å². The van der Waals surface area contributed by atoms with Gasteiger partial charge in [-0.05, 0) is 108 Å². The summed E-state index contributed by atoms with van der Waals surface area (Å²) in [5, 5.41) is 16.3. The molecule has 0 spiro atoms. The fraction of sp³-hybridized carbons (Fsp3) is 0. The number of hydrogen-bond acceptors (Lipinski definition) is 4. The molecule has 5 heteroatoms. The molecule has 0 saturated carbocycles. The standard InChI is InChI=1S/C59H34N4O/c1-2-12-37(13-3-1)57-60-58(43-24-27-46-42(29-43)22-21-35-11-8-9-18-45(35)46)62-59(61-57)47-19-10-20-53-55(47)56-48-34-44(26-23-36(48)25-28-54(56)64-53)63-51-32-40-16-6-4-14-38(40)30-49(51)50-31-39-15-5-7-17-41(39)33-52(50)63/h1-34H. The molecule has 0 fully saturated rings. The van der Waals surface area contributed by atoms with Gasteiger partial charge in [0.1, 0.15) is 11.2 Å². The van der Waals surface area contributed by atoms with Crippen molar-refractivity contribution in [2.45, 2.75) is 0 Å². The number of rotatable bonds is 4. The van der Waals surface area contributed by atoms with Crippen LogP contribution in [-0.2, 0) is 0 Å². The lowest BCUT2D eigenvalue weighted by atomic mass is 9.99. The first-order chi connectivity index (χ1) is 31.7. The van der Waals surface area contributed by atoms with Gasteiger partial charge in [-0.25, -0.2) is 15.0 Å². The zero-order chi connectivity index (χ0) is 41.9. The van der Waals surface area contributed by atoms with Gasteiger partial charge >= 0.3 is 0 Å². The quantitative estimate of drug-likeness (QED) is 0.166. The van der Waals surface area contributed by atoms with E-state index in [1.165, 1.54) is 59.5 Å². The van der Waals surface area contributed by atoms with Crippen molar-refractivity contribution in [3.63, 3.8) is 0 Å². The van der Waals surface area contributed by atoms with Crippen LogP contribution in [0.25, 0.3) is 137 Å². The summed E-state index contributed by atoms with van der Waals surface area (Å²) in [5.41, 5.74) is 7.74. The number of aromatic nitrogens is 4. The molecule has 0 aliphatic rings. The maximum atomic E-state index is 6.73. The molecule has 14 aromatic rings. The van der Waals surface area contributed by atoms with Crippen LogP contribution < -0.4 is 0 Å². The maximum Gasteiger partial charge on any atom is 0.164 e. The second-order valence-electron chi connectivity index (χ2n) is 16.8. The lowest BCUT2D eigenvalue weighted by Gasteiger charge is -2.12. The van der Waals surface area contributed by atoms with Gasteiger partial charge < -0.3 is 8.98 Å². The molecule has 5 nitrogen and oxygen atoms in total. The molecule has 0 saturated heterocycles. The van der Waals surface area contributed by atoms with E-state index in [1.54, 1.807) is 0 Å². The smallest absolute Gasteiger partial charge is 0.164 e. The van der Waals surface area contributed by atoms with Crippen LogP contribution in [0.1, 0.15) is 0 Å². The van der Waals surface area contributed by atoms with Crippen LogP contribution in [0.3, 0.4) is 0 Å². The van der Waals surface area contributed by atoms with Crippen LogP contribution in [0.4, 0.5) is 0 Å². The van der Waals surface area contributed by atoms with E-state index in [2.05, 4.69) is 180 Å². The largest absolute Gasteiger partial charge is 0.456 e. The molecule has 11 aromatic carbocycles. The normalized spacial score (nSPS) is 12.1. The maximum absolute atomic E-state index is 6.73. The summed E-state index contributed by atoms with van der Waals surface area (Å²) in [6.45, 7) is 0. The number of fused-ring (bicyclic) bond motifs is 13. The van der Waals surface area contributed by atoms with Gasteiger partial charge in [0.2, 0.25) is 0 Å². The van der Waals surface area contributed by atoms with Crippen molar-refractivity contribution in [1.29, 1.82) is 0 Å². The van der Waals surface area contributed by atoms with Gasteiger partial charge in [0.05, 0.1) is 11.0 Å². The molecule has 0 aliphatic heterocycles. The van der Waals surface area contributed by atoms with Gasteiger partial charge in [0, 0.05) is 43.9 Å². The van der Waals surface area contributed by atoms with Gasteiger partial charge in [-0.1, -0.05) is 152 Å². The number of furan rings is 1. The van der Waals surface area contributed by atoms with Crippen molar-refractivity contribution in [2.75, 3.05) is 0 Å². The Morgan fingerprint density at radius 2 is 0.875 bits per heavy atom. The van der Waals surface area contributed by atoms with Crippen molar-refractivity contribution < 1.29 is 4.42 Å². The average Bonchev–Trinajstić information content (AvgIpc) is 3.90. The van der Waals surface area contributed by atoms with Gasteiger partial charge in [-0.3, -0.25) is 0 Å². The molecule has 0 aliphatic carbocycles. The van der Waals surface area contributed by atoms with E-state index in [0.717, 1.165) is 60.5 Å². The van der Waals surface area contributed by atoms with E-state index < -0.39 is 0 Å². The zero-order valence-corrected chi connectivity index (χ0v) is 34.3. The lowest BCUT2D eigenvalue weighted by Crippen LogP contribution is -2.00. The van der Waals surface area contributed by atoms with Crippen LogP contribution in [0.2, 0.25) is 0 Å². The van der Waals surface area contributed by atoms with E-state index in [1.807, 2.05) is 30.3 Å². The molecular formula is C59H34N4O. The molecule has 0 unspecified atom stereocenters. The first-order valence-electron chi connectivity index (χ1n) is 21.7. The van der Waals surface area contributed by atoms with Crippen molar-refractivity contribution in [1.82, 2.24) is 19.5 Å². The Morgan fingerprint density at radius 1 is 0.312 bits per heavy atom. The minimum atomic E-state index is 0.588. The molecule has 0 bridgehead atoms. The summed E-state index contributed by atoms with van der Waals surface area (Å²) in [6, 6.07) is 73.5. The number of nitrogens with zero attached hydrogens (tertiary/aromatic N) is 4. The highest BCUT2D eigenvalue weighted by atomic mass is 16.3. The second-order valence-corrected chi connectivity index (χ2v) is 16.8. The van der Waals surface area contributed by atoms with Crippen molar-refractivity contribution >= 4 is 97.6 Å². The summed E-state index contributed by atoms with van der Waals surface area (Å²) >= 11 is 0. The Kier molecular flexibility index (Phi) is 7.33. The highest BCUT2D eigenvalue weighted by molar-refractivity contribution is 6.23. The second kappa shape index (κ2) is 13.4. The molecule has 64 heavy (non-hydrogen) atoms. The predicted octanol–water partition coefficient (Wildman–Crippen LogP) is 15.6. The highest BCUT2D eigenvalue weighted by Crippen LogP contribution is 2.43. The fourth-order valence-corrected chi connectivity index (χ4v) is 10.1. The summed E-state index contributed by atoms with van der Waals surface area (Å²) < 4.78 is 9.16. The molecule has 14 rings (SSSR count). The summed E-state index contributed by atoms with van der Waals surface area (Å²) in [5.74, 6) is 1.81. The molecule has 3 aromatic heterocycles. The molecule has 296 valence electrons. The minimum Gasteiger partial charge on any atom is -0.456 e. The van der Waals surface area contributed by atoms with Crippen LogP contribution >= 0.6 is 0 Å². The van der Waals surface area contributed by atoms with E-state index in [9.17, 15) is 0 Å². The first-order valence-corrected chi connectivity index (χ1v) is 21.7. The monoisotopic (exact) mass is 814 g/mol. The Balaban J connectivity index is 1.02. The zero-order valence-electron chi connectivity index (χ0n) is 34.3. The predicted molar refractivity (Wildman–Crippen MR) is 265 cm³/mol. The van der Waals surface area contributed by atoms with Crippen molar-refractivity contribution in [3.05, 3.63) is 206 Å². The third kappa shape index (κ3) is 5.28. The molecule has 0 amide bonds. The average molecular weight is 815 g/mol. The van der Waals surface area contributed by atoms with E-state index >= 15 is 0 Å². The van der Waals surface area contributed by atoms with E-state index in [4.69, 9.17) is 19.4 Å². The SMILES string of the molecule is c1ccc(-c2nc(-c3ccc4c(ccc5ccccc54)c3)nc(-c3cccc4oc5ccc6ccc(-n7c8cc9ccccc9cc8c8cc9ccccc9cc87)cc6c5c34)n2)cc1. The minimum absolute atomic E-state index is 0.588. The Hall–Kier alpha value is -8.67. The summed E-state index contributed by atoms with van der Waals surface area (Å²) in [6.07, 6.45) is 0. The van der Waals surface area contributed by atoms with Crippen LogP contribution in [-0.4, -0.2) is 19.5 Å². The van der Waals surface area contributed by atoms with Gasteiger partial charge in [0.25, 0.3) is 0 Å². The van der Waals surface area contributed by atoms with Gasteiger partial charge in [0.15, 0.2) is 17.5 Å². The van der Waals surface area contributed by atoms with Crippen molar-refractivity contribution in [3.8, 4) is 39.9 Å². The molecule has 3 heterocycles. The number of hydrogen-bond donors (Lipinski definition) is 0. The van der Waals surface area contributed by atoms with Gasteiger partial charge in [-0.15, -0.1) is 0 Å². The van der Waals surface area contributed by atoms with Crippen molar-refractivity contribution in [2.24, 2.45) is 0 Å². The third-order valence-electron chi connectivity index (χ3n) is 13.1. The van der Waals surface area contributed by atoms with Crippen LogP contribution in [0.15, 0.2) is 211 Å². The molecule has 0 atom stereocenters. The number of benzene rings is 11. The van der Waals surface area contributed by atoms with E-state index in [0.29, 0.717) is 17.5 Å². The van der Waals surface area contributed by atoms with Crippen LogP contribution in [0, 0.1) is 0 Å². The molecule has 0 N–H and O–H groups in total. The topological polar surface area (TPSA) is 56.7 Å². The summed E-state index contributed by atoms with van der Waals surface area (Å²) in [7, 11) is 0. The highest BCUT2D eigenvalue weighted by Gasteiger charge is 2.21. The van der Waals surface area contributed by atoms with Crippen LogP contribution in [0.5, 0.6) is 0 Å². The summed E-state index contributed by atoms with van der Waals surface area (Å²) in [4.78, 5) is 15.6. The fourth-order valence-electron chi connectivity index (χ4n) is 10.1. The van der Waals surface area contributed by atoms with Gasteiger partial charge in [-0.2, -0.15) is 0 Å². The Bertz CT molecular complexity index is 4170. The lowest BCUT2D eigenvalue weighted by molar-refractivity contribution is 0.669. The molecular weight excluding hydrogens is 781 g/mol. The Labute approximate surface area is 366 Å².